The first-order valence-electron chi connectivity index (χ1n) is 8.73. The van der Waals surface area contributed by atoms with Crippen LogP contribution >= 0.6 is 0 Å². The van der Waals surface area contributed by atoms with Crippen LogP contribution in [0.5, 0.6) is 0 Å². The maximum absolute atomic E-state index is 12.5. The van der Waals surface area contributed by atoms with Gasteiger partial charge in [-0.2, -0.15) is 5.26 Å². The Labute approximate surface area is 139 Å². The van der Waals surface area contributed by atoms with Crippen molar-refractivity contribution in [1.29, 1.82) is 5.26 Å². The standard InChI is InChI=1S/C18H28N2O3/c1-18(2,3)23-17(22)20-14-7-6-8-15(20)12-13(11-14)16(21)9-4-5-10-19/h13-15H,4-9,11-12H2,1-3H3. The van der Waals surface area contributed by atoms with E-state index >= 15 is 0 Å². The van der Waals surface area contributed by atoms with Gasteiger partial charge in [-0.25, -0.2) is 4.79 Å². The number of piperidine rings is 2. The molecule has 2 bridgehead atoms. The molecule has 23 heavy (non-hydrogen) atoms. The van der Waals surface area contributed by atoms with Crippen LogP contribution in [-0.4, -0.2) is 34.5 Å². The first kappa shape index (κ1) is 17.8. The number of unbranched alkanes of at least 4 members (excludes halogenated alkanes) is 1. The number of hydrogen-bond donors (Lipinski definition) is 0. The monoisotopic (exact) mass is 320 g/mol. The molecule has 2 fully saturated rings. The second kappa shape index (κ2) is 7.33. The molecule has 0 aliphatic carbocycles. The summed E-state index contributed by atoms with van der Waals surface area (Å²) in [6.45, 7) is 5.64. The van der Waals surface area contributed by atoms with Crippen molar-refractivity contribution < 1.29 is 14.3 Å². The molecule has 2 atom stereocenters. The van der Waals surface area contributed by atoms with Crippen LogP contribution < -0.4 is 0 Å². The lowest BCUT2D eigenvalue weighted by Crippen LogP contribution is -2.56. The Balaban J connectivity index is 1.99. The van der Waals surface area contributed by atoms with Gasteiger partial charge in [0, 0.05) is 30.8 Å². The van der Waals surface area contributed by atoms with Crippen molar-refractivity contribution >= 4 is 11.9 Å². The van der Waals surface area contributed by atoms with Crippen LogP contribution in [-0.2, 0) is 9.53 Å². The fourth-order valence-electron chi connectivity index (χ4n) is 3.80. The van der Waals surface area contributed by atoms with Gasteiger partial charge in [0.2, 0.25) is 0 Å². The molecule has 0 spiro atoms. The van der Waals surface area contributed by atoms with Crippen molar-refractivity contribution in [2.75, 3.05) is 0 Å². The summed E-state index contributed by atoms with van der Waals surface area (Å²) in [5, 5.41) is 8.59. The largest absolute Gasteiger partial charge is 0.444 e. The lowest BCUT2D eigenvalue weighted by atomic mass is 9.76. The van der Waals surface area contributed by atoms with Crippen LogP contribution in [0.3, 0.4) is 0 Å². The van der Waals surface area contributed by atoms with Gasteiger partial charge in [0.1, 0.15) is 11.4 Å². The van der Waals surface area contributed by atoms with Gasteiger partial charge < -0.3 is 9.64 Å². The number of nitrogens with zero attached hydrogens (tertiary/aromatic N) is 2. The summed E-state index contributed by atoms with van der Waals surface area (Å²) >= 11 is 0. The number of amides is 1. The van der Waals surface area contributed by atoms with E-state index in [4.69, 9.17) is 10.00 Å². The summed E-state index contributed by atoms with van der Waals surface area (Å²) in [6, 6.07) is 2.34. The SMILES string of the molecule is CC(C)(C)OC(=O)N1C2CCCC1CC(C(=O)CCCC#N)C2. The van der Waals surface area contributed by atoms with Crippen molar-refractivity contribution in [1.82, 2.24) is 4.90 Å². The van der Waals surface area contributed by atoms with Gasteiger partial charge in [-0.05, 0) is 59.3 Å². The first-order valence-corrected chi connectivity index (χ1v) is 8.73. The van der Waals surface area contributed by atoms with Gasteiger partial charge in [0.25, 0.3) is 0 Å². The molecule has 0 saturated carbocycles. The minimum atomic E-state index is -0.491. The zero-order valence-electron chi connectivity index (χ0n) is 14.5. The molecule has 0 aromatic heterocycles. The third kappa shape index (κ3) is 4.70. The second-order valence-electron chi connectivity index (χ2n) is 7.77. The summed E-state index contributed by atoms with van der Waals surface area (Å²) in [6.07, 6.45) is 5.88. The van der Waals surface area contributed by atoms with Crippen LogP contribution in [0, 0.1) is 17.2 Å². The Kier molecular flexibility index (Phi) is 5.67. The van der Waals surface area contributed by atoms with Crippen molar-refractivity contribution in [2.45, 2.75) is 89.8 Å². The molecule has 2 aliphatic rings. The molecule has 2 heterocycles. The number of rotatable bonds is 4. The van der Waals surface area contributed by atoms with Crippen LogP contribution in [0.25, 0.3) is 0 Å². The van der Waals surface area contributed by atoms with Crippen LogP contribution in [0.2, 0.25) is 0 Å². The molecule has 0 radical (unpaired) electrons. The molecule has 2 rings (SSSR count). The van der Waals surface area contributed by atoms with Crippen molar-refractivity contribution in [3.63, 3.8) is 0 Å². The summed E-state index contributed by atoms with van der Waals surface area (Å²) in [5.41, 5.74) is -0.491. The summed E-state index contributed by atoms with van der Waals surface area (Å²) < 4.78 is 5.55. The van der Waals surface area contributed by atoms with Gasteiger partial charge in [-0.1, -0.05) is 0 Å². The maximum Gasteiger partial charge on any atom is 0.410 e. The molecule has 0 N–H and O–H groups in total. The number of ether oxygens (including phenoxy) is 1. The van der Waals surface area contributed by atoms with Crippen molar-refractivity contribution in [3.8, 4) is 6.07 Å². The van der Waals surface area contributed by atoms with E-state index in [1.54, 1.807) is 0 Å². The Morgan fingerprint density at radius 1 is 1.22 bits per heavy atom. The number of carbonyl (C=O) groups is 2. The highest BCUT2D eigenvalue weighted by molar-refractivity contribution is 5.81. The minimum absolute atomic E-state index is 0.0441. The average Bonchev–Trinajstić information content (AvgIpc) is 2.44. The summed E-state index contributed by atoms with van der Waals surface area (Å²) in [7, 11) is 0. The summed E-state index contributed by atoms with van der Waals surface area (Å²) in [5.74, 6) is 0.309. The quantitative estimate of drug-likeness (QED) is 0.738. The van der Waals surface area contributed by atoms with Gasteiger partial charge in [-0.3, -0.25) is 4.79 Å². The predicted octanol–water partition coefficient (Wildman–Crippen LogP) is 3.82. The van der Waals surface area contributed by atoms with Crippen LogP contribution in [0.1, 0.15) is 72.1 Å². The van der Waals surface area contributed by atoms with E-state index in [0.717, 1.165) is 32.1 Å². The highest BCUT2D eigenvalue weighted by Crippen LogP contribution is 2.38. The highest BCUT2D eigenvalue weighted by atomic mass is 16.6. The molecule has 1 amide bonds. The van der Waals surface area contributed by atoms with Gasteiger partial charge in [0.15, 0.2) is 0 Å². The van der Waals surface area contributed by atoms with E-state index in [2.05, 4.69) is 6.07 Å². The molecule has 128 valence electrons. The van der Waals surface area contributed by atoms with E-state index in [1.807, 2.05) is 25.7 Å². The molecular formula is C18H28N2O3. The third-order valence-corrected chi connectivity index (χ3v) is 4.75. The molecule has 5 nitrogen and oxygen atoms in total. The molecule has 5 heteroatoms. The smallest absolute Gasteiger partial charge is 0.410 e. The minimum Gasteiger partial charge on any atom is -0.444 e. The number of ketones is 1. The second-order valence-corrected chi connectivity index (χ2v) is 7.77. The number of nitriles is 1. The fraction of sp³-hybridized carbons (Fsp3) is 0.833. The molecular weight excluding hydrogens is 292 g/mol. The predicted molar refractivity (Wildman–Crippen MR) is 86.7 cm³/mol. The van der Waals surface area contributed by atoms with E-state index in [-0.39, 0.29) is 29.9 Å². The number of fused-ring (bicyclic) bond motifs is 2. The Morgan fingerprint density at radius 2 is 1.83 bits per heavy atom. The van der Waals surface area contributed by atoms with E-state index in [0.29, 0.717) is 19.3 Å². The zero-order chi connectivity index (χ0) is 17.0. The average molecular weight is 320 g/mol. The van der Waals surface area contributed by atoms with Crippen LogP contribution in [0.15, 0.2) is 0 Å². The van der Waals surface area contributed by atoms with E-state index in [1.165, 1.54) is 0 Å². The summed E-state index contributed by atoms with van der Waals surface area (Å²) in [4.78, 5) is 26.8. The van der Waals surface area contributed by atoms with Gasteiger partial charge in [0.05, 0.1) is 6.07 Å². The van der Waals surface area contributed by atoms with Crippen molar-refractivity contribution in [3.05, 3.63) is 0 Å². The number of hydrogen-bond acceptors (Lipinski definition) is 4. The van der Waals surface area contributed by atoms with Gasteiger partial charge >= 0.3 is 6.09 Å². The fourth-order valence-corrected chi connectivity index (χ4v) is 3.80. The molecule has 2 saturated heterocycles. The molecule has 2 unspecified atom stereocenters. The zero-order valence-corrected chi connectivity index (χ0v) is 14.5. The normalized spacial score (nSPS) is 27.2. The molecule has 0 aromatic carbocycles. The highest BCUT2D eigenvalue weighted by Gasteiger charge is 2.43. The van der Waals surface area contributed by atoms with E-state index < -0.39 is 5.60 Å². The lowest BCUT2D eigenvalue weighted by Gasteiger charge is -2.48. The van der Waals surface area contributed by atoms with Gasteiger partial charge in [-0.15, -0.1) is 0 Å². The molecule has 0 aromatic rings. The number of carbonyl (C=O) groups excluding carboxylic acids is 2. The number of Topliss-reactive ketones (excluding diaryl/α,β-unsaturated/α-hetero) is 1. The van der Waals surface area contributed by atoms with Crippen molar-refractivity contribution in [2.24, 2.45) is 5.92 Å². The Bertz CT molecular complexity index is 475. The first-order chi connectivity index (χ1) is 10.8. The maximum atomic E-state index is 12.5. The third-order valence-electron chi connectivity index (χ3n) is 4.75. The Morgan fingerprint density at radius 3 is 2.35 bits per heavy atom. The van der Waals surface area contributed by atoms with E-state index in [9.17, 15) is 9.59 Å². The molecule has 2 aliphatic heterocycles. The van der Waals surface area contributed by atoms with Crippen LogP contribution in [0.4, 0.5) is 4.79 Å². The topological polar surface area (TPSA) is 70.4 Å². The Hall–Kier alpha value is -1.57. The lowest BCUT2D eigenvalue weighted by molar-refractivity contribution is -0.127.